The normalized spacial score (nSPS) is 10.9. The van der Waals surface area contributed by atoms with Gasteiger partial charge in [-0.05, 0) is 36.2 Å². The van der Waals surface area contributed by atoms with E-state index in [1.165, 1.54) is 17.4 Å². The number of carbonyl (C=O) groups excluding carboxylic acids is 2. The van der Waals surface area contributed by atoms with Crippen molar-refractivity contribution in [1.29, 1.82) is 0 Å². The second-order valence-electron chi connectivity index (χ2n) is 5.58. The zero-order chi connectivity index (χ0) is 18.3. The zero-order valence-electron chi connectivity index (χ0n) is 13.6. The molecule has 0 radical (unpaired) electrons. The first-order chi connectivity index (χ1) is 11.9. The number of carbonyl (C=O) groups is 2. The van der Waals surface area contributed by atoms with E-state index in [4.69, 9.17) is 11.6 Å². The van der Waals surface area contributed by atoms with Crippen molar-refractivity contribution in [2.24, 2.45) is 5.84 Å². The van der Waals surface area contributed by atoms with Gasteiger partial charge in [0.05, 0.1) is 5.69 Å². The third kappa shape index (κ3) is 2.52. The molecule has 1 amide bonds. The number of Topliss-reactive ketones (excluding diaryl/α,β-unsaturated/α-hetero) is 1. The molecule has 0 atom stereocenters. The number of rotatable bonds is 3. The van der Waals surface area contributed by atoms with Gasteiger partial charge in [0.1, 0.15) is 11.5 Å². The molecule has 3 rings (SSSR count). The second-order valence-corrected chi connectivity index (χ2v) is 5.58. The molecule has 0 saturated carbocycles. The zero-order valence-corrected chi connectivity index (χ0v) is 13.6. The lowest BCUT2D eigenvalue weighted by atomic mass is 9.97. The highest BCUT2D eigenvalue weighted by atomic mass is 19.1. The number of hydrogen-bond donors (Lipinski definition) is 3. The van der Waals surface area contributed by atoms with Gasteiger partial charge >= 0.3 is 0 Å². The minimum absolute atomic E-state index is 0.0430. The molecule has 0 unspecified atom stereocenters. The van der Waals surface area contributed by atoms with Gasteiger partial charge in [-0.1, -0.05) is 12.1 Å². The number of nitrogen functional groups attached to an aromatic ring is 2. The fourth-order valence-electron chi connectivity index (χ4n) is 2.90. The highest BCUT2D eigenvalue weighted by molar-refractivity contribution is 6.04. The van der Waals surface area contributed by atoms with Crippen LogP contribution in [0.5, 0.6) is 0 Å². The van der Waals surface area contributed by atoms with Gasteiger partial charge in [0, 0.05) is 12.5 Å². The molecule has 2 heterocycles. The number of nitrogens with one attached hydrogen (secondary N) is 1. The van der Waals surface area contributed by atoms with Crippen LogP contribution < -0.4 is 17.0 Å². The smallest absolute Gasteiger partial charge is 0.286 e. The molecular formula is C17H16FN5O2. The van der Waals surface area contributed by atoms with Crippen LogP contribution in [-0.2, 0) is 0 Å². The molecule has 0 bridgehead atoms. The van der Waals surface area contributed by atoms with Gasteiger partial charge < -0.3 is 5.73 Å². The molecular weight excluding hydrogens is 325 g/mol. The van der Waals surface area contributed by atoms with Crippen LogP contribution in [0.25, 0.3) is 16.8 Å². The van der Waals surface area contributed by atoms with Crippen molar-refractivity contribution in [2.75, 3.05) is 5.73 Å². The third-order valence-electron chi connectivity index (χ3n) is 4.05. The van der Waals surface area contributed by atoms with E-state index >= 15 is 0 Å². The Bertz CT molecular complexity index is 1030. The Kier molecular flexibility index (Phi) is 3.97. The minimum atomic E-state index is -0.680. The lowest BCUT2D eigenvalue weighted by Crippen LogP contribution is -2.32. The van der Waals surface area contributed by atoms with E-state index in [1.807, 2.05) is 5.43 Å². The quantitative estimate of drug-likeness (QED) is 0.291. The van der Waals surface area contributed by atoms with Gasteiger partial charge in [-0.2, -0.15) is 0 Å². The SMILES string of the molecule is CC(=O)c1c(-c2cccc(F)c2C)ccc2nc(N)c(C(=O)NN)n12. The Morgan fingerprint density at radius 3 is 2.52 bits per heavy atom. The predicted molar refractivity (Wildman–Crippen MR) is 91.4 cm³/mol. The van der Waals surface area contributed by atoms with Crippen molar-refractivity contribution in [2.45, 2.75) is 13.8 Å². The van der Waals surface area contributed by atoms with Crippen molar-refractivity contribution >= 4 is 23.2 Å². The maximum absolute atomic E-state index is 14.0. The summed E-state index contributed by atoms with van der Waals surface area (Å²) in [6.45, 7) is 2.97. The Hall–Kier alpha value is -3.26. The average Bonchev–Trinajstić information content (AvgIpc) is 2.91. The number of halogens is 1. The van der Waals surface area contributed by atoms with E-state index in [1.54, 1.807) is 31.2 Å². The minimum Gasteiger partial charge on any atom is -0.382 e. The second kappa shape index (κ2) is 5.99. The summed E-state index contributed by atoms with van der Waals surface area (Å²) in [6.07, 6.45) is 0. The summed E-state index contributed by atoms with van der Waals surface area (Å²) >= 11 is 0. The number of pyridine rings is 1. The Labute approximate surface area is 142 Å². The molecule has 8 heteroatoms. The molecule has 0 spiro atoms. The summed E-state index contributed by atoms with van der Waals surface area (Å²) in [5.41, 5.74) is 9.67. The van der Waals surface area contributed by atoms with Crippen LogP contribution in [0, 0.1) is 12.7 Å². The number of aromatic nitrogens is 2. The van der Waals surface area contributed by atoms with E-state index in [0.29, 0.717) is 22.3 Å². The summed E-state index contributed by atoms with van der Waals surface area (Å²) in [5.74, 6) is 3.76. The number of hydrazine groups is 1. The van der Waals surface area contributed by atoms with Crippen LogP contribution >= 0.6 is 0 Å². The van der Waals surface area contributed by atoms with Crippen LogP contribution in [0.1, 0.15) is 33.5 Å². The van der Waals surface area contributed by atoms with Crippen molar-refractivity contribution in [1.82, 2.24) is 14.8 Å². The van der Waals surface area contributed by atoms with Gasteiger partial charge in [0.25, 0.3) is 5.91 Å². The summed E-state index contributed by atoms with van der Waals surface area (Å²) < 4.78 is 15.3. The van der Waals surface area contributed by atoms with Crippen LogP contribution in [0.3, 0.4) is 0 Å². The topological polar surface area (TPSA) is 116 Å². The molecule has 1 aromatic carbocycles. The number of benzene rings is 1. The lowest BCUT2D eigenvalue weighted by molar-refractivity contribution is 0.0948. The molecule has 2 aromatic heterocycles. The first-order valence-electron chi connectivity index (χ1n) is 7.45. The molecule has 25 heavy (non-hydrogen) atoms. The van der Waals surface area contributed by atoms with Gasteiger partial charge in [-0.25, -0.2) is 15.2 Å². The molecule has 0 fully saturated rings. The third-order valence-corrected chi connectivity index (χ3v) is 4.05. The van der Waals surface area contributed by atoms with Gasteiger partial charge in [-0.3, -0.25) is 19.4 Å². The van der Waals surface area contributed by atoms with Crippen LogP contribution in [0.4, 0.5) is 10.2 Å². The highest BCUT2D eigenvalue weighted by Gasteiger charge is 2.24. The standard InChI is InChI=1S/C17H16FN5O2/c1-8-10(4-3-5-12(8)18)11-6-7-13-21-16(19)15(17(25)22-20)23(13)14(11)9(2)24/h3-7H,19-20H2,1-2H3,(H,22,25). The van der Waals surface area contributed by atoms with Crippen LogP contribution in [0.2, 0.25) is 0 Å². The van der Waals surface area contributed by atoms with Crippen LogP contribution in [-0.4, -0.2) is 21.1 Å². The summed E-state index contributed by atoms with van der Waals surface area (Å²) in [6, 6.07) is 7.87. The van der Waals surface area contributed by atoms with Crippen LogP contribution in [0.15, 0.2) is 30.3 Å². The number of ketones is 1. The van der Waals surface area contributed by atoms with E-state index < -0.39 is 11.7 Å². The molecule has 3 aromatic rings. The Morgan fingerprint density at radius 2 is 1.88 bits per heavy atom. The highest BCUT2D eigenvalue weighted by Crippen LogP contribution is 2.31. The summed E-state index contributed by atoms with van der Waals surface area (Å²) in [7, 11) is 0. The predicted octanol–water partition coefficient (Wildman–Crippen LogP) is 1.84. The number of amides is 1. The van der Waals surface area contributed by atoms with E-state index in [2.05, 4.69) is 4.98 Å². The molecule has 7 nitrogen and oxygen atoms in total. The lowest BCUT2D eigenvalue weighted by Gasteiger charge is -2.14. The number of imidazole rings is 1. The molecule has 0 saturated heterocycles. The number of nitrogens with zero attached hydrogens (tertiary/aromatic N) is 2. The van der Waals surface area contributed by atoms with Crippen molar-refractivity contribution in [3.8, 4) is 11.1 Å². The molecule has 0 aliphatic heterocycles. The monoisotopic (exact) mass is 341 g/mol. The van der Waals surface area contributed by atoms with Crippen molar-refractivity contribution < 1.29 is 14.0 Å². The van der Waals surface area contributed by atoms with Gasteiger partial charge in [0.15, 0.2) is 17.3 Å². The Balaban J connectivity index is 2.46. The Morgan fingerprint density at radius 1 is 1.16 bits per heavy atom. The average molecular weight is 341 g/mol. The van der Waals surface area contributed by atoms with Crippen molar-refractivity contribution in [3.63, 3.8) is 0 Å². The van der Waals surface area contributed by atoms with E-state index in [0.717, 1.165) is 0 Å². The molecule has 0 aliphatic carbocycles. The largest absolute Gasteiger partial charge is 0.382 e. The fraction of sp³-hybridized carbons (Fsp3) is 0.118. The number of hydrogen-bond acceptors (Lipinski definition) is 5. The van der Waals surface area contributed by atoms with Crippen molar-refractivity contribution in [3.05, 3.63) is 53.1 Å². The maximum Gasteiger partial charge on any atom is 0.286 e. The van der Waals surface area contributed by atoms with Gasteiger partial charge in [-0.15, -0.1) is 0 Å². The molecule has 128 valence electrons. The molecule has 0 aliphatic rings. The number of nitrogens with two attached hydrogens (primary N) is 2. The summed E-state index contributed by atoms with van der Waals surface area (Å²) in [5, 5.41) is 0. The van der Waals surface area contributed by atoms with E-state index in [-0.39, 0.29) is 23.0 Å². The molecule has 5 N–H and O–H groups in total. The fourth-order valence-corrected chi connectivity index (χ4v) is 2.90. The van der Waals surface area contributed by atoms with E-state index in [9.17, 15) is 14.0 Å². The number of anilines is 1. The maximum atomic E-state index is 14.0. The first-order valence-corrected chi connectivity index (χ1v) is 7.45. The summed E-state index contributed by atoms with van der Waals surface area (Å²) in [4.78, 5) is 28.6. The number of fused-ring (bicyclic) bond motifs is 1. The first kappa shape index (κ1) is 16.6. The van der Waals surface area contributed by atoms with Gasteiger partial charge in [0.2, 0.25) is 0 Å².